The fourth-order valence-corrected chi connectivity index (χ4v) is 5.29. The first-order valence-electron chi connectivity index (χ1n) is 9.92. The fraction of sp³-hybridized carbons (Fsp3) is 0.524. The van der Waals surface area contributed by atoms with Gasteiger partial charge in [-0.15, -0.1) is 0 Å². The van der Waals surface area contributed by atoms with Gasteiger partial charge in [-0.1, -0.05) is 25.5 Å². The molecule has 2 aromatic rings. The number of piperidine rings is 1. The Morgan fingerprint density at radius 1 is 1.04 bits per heavy atom. The molecule has 2 atom stereocenters. The van der Waals surface area contributed by atoms with E-state index in [1.54, 1.807) is 16.4 Å². The van der Waals surface area contributed by atoms with Crippen LogP contribution in [0.15, 0.2) is 45.7 Å². The van der Waals surface area contributed by atoms with Gasteiger partial charge in [-0.3, -0.25) is 0 Å². The van der Waals surface area contributed by atoms with Crippen LogP contribution in [-0.2, 0) is 23.1 Å². The molecule has 0 bridgehead atoms. The van der Waals surface area contributed by atoms with E-state index in [1.807, 2.05) is 18.2 Å². The van der Waals surface area contributed by atoms with Gasteiger partial charge >= 0.3 is 0 Å². The van der Waals surface area contributed by atoms with Crippen LogP contribution in [0, 0.1) is 5.92 Å². The van der Waals surface area contributed by atoms with Crippen molar-refractivity contribution in [2.75, 3.05) is 13.1 Å². The van der Waals surface area contributed by atoms with Gasteiger partial charge in [-0.2, -0.15) is 4.31 Å². The topological polar surface area (TPSA) is 62.6 Å². The smallest absolute Gasteiger partial charge is 0.243 e. The Morgan fingerprint density at radius 3 is 2.41 bits per heavy atom. The normalized spacial score (nSPS) is 23.4. The highest BCUT2D eigenvalue weighted by molar-refractivity contribution is 7.89. The van der Waals surface area contributed by atoms with E-state index in [1.165, 1.54) is 6.42 Å². The van der Waals surface area contributed by atoms with E-state index in [-0.39, 0.29) is 0 Å². The van der Waals surface area contributed by atoms with Gasteiger partial charge in [0.25, 0.3) is 0 Å². The molecule has 1 aromatic heterocycles. The minimum absolute atomic E-state index is 0.391. The average Bonchev–Trinajstić information content (AvgIpc) is 3.23. The molecular weight excluding hydrogens is 360 g/mol. The molecule has 1 saturated carbocycles. The summed E-state index contributed by atoms with van der Waals surface area (Å²) < 4.78 is 32.9. The molecule has 1 N–H and O–H groups in total. The molecule has 0 amide bonds. The maximum absolute atomic E-state index is 12.7. The summed E-state index contributed by atoms with van der Waals surface area (Å²) in [6.07, 6.45) is 4.26. The molecule has 2 unspecified atom stereocenters. The third-order valence-electron chi connectivity index (χ3n) is 5.66. The Labute approximate surface area is 161 Å². The Hall–Kier alpha value is -1.63. The maximum atomic E-state index is 12.7. The Bertz CT molecular complexity index is 867. The highest BCUT2D eigenvalue weighted by atomic mass is 32.2. The monoisotopic (exact) mass is 388 g/mol. The predicted molar refractivity (Wildman–Crippen MR) is 105 cm³/mol. The standard InChI is InChI=1S/C21H28N2O3S/c1-16-13-20(16)21-10-7-18(26-21)15-22-14-17-5-8-19(9-6-17)27(24,25)23-11-3-2-4-12-23/h5-10,16,20,22H,2-4,11-15H2,1H3. The molecule has 1 aliphatic carbocycles. The van der Waals surface area contributed by atoms with Crippen molar-refractivity contribution in [3.05, 3.63) is 53.5 Å². The Kier molecular flexibility index (Phi) is 5.39. The van der Waals surface area contributed by atoms with Crippen molar-refractivity contribution < 1.29 is 12.8 Å². The largest absolute Gasteiger partial charge is 0.464 e. The third kappa shape index (κ3) is 4.28. The minimum Gasteiger partial charge on any atom is -0.464 e. The SMILES string of the molecule is CC1CC1c1ccc(CNCc2ccc(S(=O)(=O)N3CCCCC3)cc2)o1. The second-order valence-corrected chi connectivity index (χ2v) is 9.77. The number of rotatable bonds is 7. The molecule has 0 radical (unpaired) electrons. The van der Waals surface area contributed by atoms with Gasteiger partial charge in [-0.25, -0.2) is 8.42 Å². The zero-order valence-electron chi connectivity index (χ0n) is 15.9. The molecule has 2 aliphatic rings. The number of sulfonamides is 1. The summed E-state index contributed by atoms with van der Waals surface area (Å²) in [5.41, 5.74) is 1.06. The molecule has 2 fully saturated rings. The third-order valence-corrected chi connectivity index (χ3v) is 7.57. The fourth-order valence-electron chi connectivity index (χ4n) is 3.77. The van der Waals surface area contributed by atoms with Gasteiger partial charge in [0.05, 0.1) is 11.4 Å². The van der Waals surface area contributed by atoms with E-state index in [9.17, 15) is 8.42 Å². The van der Waals surface area contributed by atoms with Crippen LogP contribution in [0.1, 0.15) is 55.6 Å². The van der Waals surface area contributed by atoms with Gasteiger partial charge in [0.15, 0.2) is 0 Å². The molecule has 6 heteroatoms. The van der Waals surface area contributed by atoms with Crippen LogP contribution in [0.2, 0.25) is 0 Å². The molecule has 1 aliphatic heterocycles. The van der Waals surface area contributed by atoms with Crippen molar-refractivity contribution in [3.8, 4) is 0 Å². The minimum atomic E-state index is -3.35. The zero-order valence-corrected chi connectivity index (χ0v) is 16.7. The second-order valence-electron chi connectivity index (χ2n) is 7.84. The summed E-state index contributed by atoms with van der Waals surface area (Å²) in [5.74, 6) is 3.41. The maximum Gasteiger partial charge on any atom is 0.243 e. The average molecular weight is 389 g/mol. The molecule has 1 aromatic carbocycles. The predicted octanol–water partition coefficient (Wildman–Crippen LogP) is 3.87. The van der Waals surface area contributed by atoms with Crippen LogP contribution in [0.5, 0.6) is 0 Å². The first-order chi connectivity index (χ1) is 13.0. The van der Waals surface area contributed by atoms with Crippen LogP contribution in [0.3, 0.4) is 0 Å². The van der Waals surface area contributed by atoms with Crippen molar-refractivity contribution in [1.29, 1.82) is 0 Å². The zero-order chi connectivity index (χ0) is 18.9. The lowest BCUT2D eigenvalue weighted by Gasteiger charge is -2.25. The van der Waals surface area contributed by atoms with Crippen LogP contribution in [0.4, 0.5) is 0 Å². The second kappa shape index (κ2) is 7.78. The lowest BCUT2D eigenvalue weighted by atomic mass is 10.2. The highest BCUT2D eigenvalue weighted by Crippen LogP contribution is 2.47. The van der Waals surface area contributed by atoms with E-state index < -0.39 is 10.0 Å². The van der Waals surface area contributed by atoms with Crippen LogP contribution >= 0.6 is 0 Å². The molecular formula is C21H28N2O3S. The lowest BCUT2D eigenvalue weighted by molar-refractivity contribution is 0.346. The van der Waals surface area contributed by atoms with Gasteiger partial charge in [-0.05, 0) is 55.0 Å². The van der Waals surface area contributed by atoms with E-state index in [0.29, 0.717) is 37.0 Å². The molecule has 4 rings (SSSR count). The Balaban J connectivity index is 1.30. The lowest BCUT2D eigenvalue weighted by Crippen LogP contribution is -2.35. The van der Waals surface area contributed by atoms with Crippen molar-refractivity contribution in [1.82, 2.24) is 9.62 Å². The molecule has 1 saturated heterocycles. The number of furan rings is 1. The van der Waals surface area contributed by atoms with Gasteiger partial charge in [0, 0.05) is 25.6 Å². The van der Waals surface area contributed by atoms with Crippen molar-refractivity contribution in [2.24, 2.45) is 5.92 Å². The quantitative estimate of drug-likeness (QED) is 0.782. The molecule has 0 spiro atoms. The summed E-state index contributed by atoms with van der Waals surface area (Å²) in [7, 11) is -3.35. The number of hydrogen-bond donors (Lipinski definition) is 1. The first-order valence-corrected chi connectivity index (χ1v) is 11.4. The number of benzene rings is 1. The number of nitrogens with one attached hydrogen (secondary N) is 1. The van der Waals surface area contributed by atoms with Crippen molar-refractivity contribution in [3.63, 3.8) is 0 Å². The van der Waals surface area contributed by atoms with E-state index in [4.69, 9.17) is 4.42 Å². The summed E-state index contributed by atoms with van der Waals surface area (Å²) in [5, 5.41) is 3.37. The summed E-state index contributed by atoms with van der Waals surface area (Å²) in [6, 6.07) is 11.4. The van der Waals surface area contributed by atoms with Crippen molar-refractivity contribution >= 4 is 10.0 Å². The first kappa shape index (κ1) is 18.7. The Morgan fingerprint density at radius 2 is 1.74 bits per heavy atom. The van der Waals surface area contributed by atoms with E-state index in [2.05, 4.69) is 18.3 Å². The highest BCUT2D eigenvalue weighted by Gasteiger charge is 2.36. The van der Waals surface area contributed by atoms with Crippen LogP contribution in [-0.4, -0.2) is 25.8 Å². The van der Waals surface area contributed by atoms with Gasteiger partial charge in [0.1, 0.15) is 11.5 Å². The molecule has 2 heterocycles. The summed E-state index contributed by atoms with van der Waals surface area (Å²) in [6.45, 7) is 4.88. The number of hydrogen-bond acceptors (Lipinski definition) is 4. The van der Waals surface area contributed by atoms with Crippen LogP contribution < -0.4 is 5.32 Å². The molecule has 27 heavy (non-hydrogen) atoms. The van der Waals surface area contributed by atoms with Gasteiger partial charge in [0.2, 0.25) is 10.0 Å². The van der Waals surface area contributed by atoms with E-state index in [0.717, 1.165) is 42.3 Å². The molecule has 146 valence electrons. The van der Waals surface area contributed by atoms with Gasteiger partial charge < -0.3 is 9.73 Å². The van der Waals surface area contributed by atoms with Crippen molar-refractivity contribution in [2.45, 2.75) is 56.5 Å². The van der Waals surface area contributed by atoms with Crippen LogP contribution in [0.25, 0.3) is 0 Å². The number of nitrogens with zero attached hydrogens (tertiary/aromatic N) is 1. The van der Waals surface area contributed by atoms with E-state index >= 15 is 0 Å². The summed E-state index contributed by atoms with van der Waals surface area (Å²) >= 11 is 0. The molecule has 5 nitrogen and oxygen atoms in total. The summed E-state index contributed by atoms with van der Waals surface area (Å²) in [4.78, 5) is 0.391.